The Labute approximate surface area is 121 Å². The van der Waals surface area contributed by atoms with Gasteiger partial charge in [0.1, 0.15) is 5.69 Å². The molecule has 4 N–H and O–H groups in total. The molecular weight excluding hydrogens is 272 g/mol. The SMILES string of the molecule is CC(Cn1cccn1)NC(=O)c1ccc(C(N)=NO)cn1. The van der Waals surface area contributed by atoms with Crippen molar-refractivity contribution in [3.63, 3.8) is 0 Å². The molecule has 0 aliphatic rings. The Hall–Kier alpha value is -2.90. The molecule has 8 nitrogen and oxygen atoms in total. The third kappa shape index (κ3) is 3.78. The smallest absolute Gasteiger partial charge is 0.270 e. The summed E-state index contributed by atoms with van der Waals surface area (Å²) in [7, 11) is 0. The van der Waals surface area contributed by atoms with Gasteiger partial charge < -0.3 is 16.3 Å². The molecule has 2 rings (SSSR count). The number of oxime groups is 1. The zero-order valence-corrected chi connectivity index (χ0v) is 11.5. The summed E-state index contributed by atoms with van der Waals surface area (Å²) in [5.41, 5.74) is 6.13. The van der Waals surface area contributed by atoms with Crippen LogP contribution in [0.5, 0.6) is 0 Å². The molecule has 21 heavy (non-hydrogen) atoms. The summed E-state index contributed by atoms with van der Waals surface area (Å²) in [6.45, 7) is 2.45. The minimum absolute atomic E-state index is 0.0542. The van der Waals surface area contributed by atoms with Crippen LogP contribution in [0.25, 0.3) is 0 Å². The zero-order valence-electron chi connectivity index (χ0n) is 11.5. The van der Waals surface area contributed by atoms with Crippen LogP contribution >= 0.6 is 0 Å². The van der Waals surface area contributed by atoms with Gasteiger partial charge in [-0.05, 0) is 25.1 Å². The van der Waals surface area contributed by atoms with Crippen LogP contribution in [0.4, 0.5) is 0 Å². The number of amidine groups is 1. The van der Waals surface area contributed by atoms with Crippen LogP contribution in [0.15, 0.2) is 41.9 Å². The fraction of sp³-hybridized carbons (Fsp3) is 0.231. The third-order valence-electron chi connectivity index (χ3n) is 2.80. The minimum Gasteiger partial charge on any atom is -0.409 e. The molecular formula is C13H16N6O2. The van der Waals surface area contributed by atoms with E-state index in [1.807, 2.05) is 19.2 Å². The first kappa shape index (κ1) is 14.5. The Morgan fingerprint density at radius 3 is 2.95 bits per heavy atom. The first-order chi connectivity index (χ1) is 10.1. The standard InChI is InChI=1S/C13H16N6O2/c1-9(8-19-6-2-5-16-19)17-13(20)11-4-3-10(7-15-11)12(14)18-21/h2-7,9,21H,8H2,1H3,(H2,14,18)(H,17,20). The van der Waals surface area contributed by atoms with Crippen molar-refractivity contribution in [3.05, 3.63) is 48.0 Å². The van der Waals surface area contributed by atoms with E-state index in [1.54, 1.807) is 16.9 Å². The number of nitrogens with two attached hydrogens (primary N) is 1. The van der Waals surface area contributed by atoms with Gasteiger partial charge >= 0.3 is 0 Å². The van der Waals surface area contributed by atoms with E-state index in [0.29, 0.717) is 12.1 Å². The Bertz CT molecular complexity index is 621. The second kappa shape index (κ2) is 6.51. The van der Waals surface area contributed by atoms with Crippen molar-refractivity contribution < 1.29 is 10.0 Å². The molecule has 8 heteroatoms. The fourth-order valence-corrected chi connectivity index (χ4v) is 1.77. The molecule has 0 aliphatic carbocycles. The lowest BCUT2D eigenvalue weighted by Crippen LogP contribution is -2.36. The Morgan fingerprint density at radius 1 is 1.57 bits per heavy atom. The van der Waals surface area contributed by atoms with Gasteiger partial charge in [-0.2, -0.15) is 5.10 Å². The van der Waals surface area contributed by atoms with Crippen LogP contribution in [0.1, 0.15) is 23.0 Å². The van der Waals surface area contributed by atoms with Gasteiger partial charge in [0.15, 0.2) is 5.84 Å². The Balaban J connectivity index is 1.96. The monoisotopic (exact) mass is 288 g/mol. The average Bonchev–Trinajstić information content (AvgIpc) is 2.99. The number of rotatable bonds is 5. The number of nitrogens with one attached hydrogen (secondary N) is 1. The third-order valence-corrected chi connectivity index (χ3v) is 2.80. The van der Waals surface area contributed by atoms with Gasteiger partial charge in [-0.3, -0.25) is 14.5 Å². The lowest BCUT2D eigenvalue weighted by molar-refractivity contribution is 0.0931. The molecule has 1 amide bonds. The number of nitrogens with zero attached hydrogens (tertiary/aromatic N) is 4. The highest BCUT2D eigenvalue weighted by molar-refractivity contribution is 5.98. The summed E-state index contributed by atoms with van der Waals surface area (Å²) in [5, 5.41) is 18.3. The van der Waals surface area contributed by atoms with Crippen molar-refractivity contribution in [3.8, 4) is 0 Å². The van der Waals surface area contributed by atoms with Crippen LogP contribution in [0.2, 0.25) is 0 Å². The summed E-state index contributed by atoms with van der Waals surface area (Å²) in [6.07, 6.45) is 4.89. The van der Waals surface area contributed by atoms with E-state index >= 15 is 0 Å². The molecule has 0 bridgehead atoms. The molecule has 0 saturated heterocycles. The van der Waals surface area contributed by atoms with Crippen molar-refractivity contribution >= 4 is 11.7 Å². The molecule has 2 aromatic heterocycles. The zero-order chi connectivity index (χ0) is 15.2. The normalized spacial score (nSPS) is 12.9. The van der Waals surface area contributed by atoms with E-state index in [2.05, 4.69) is 20.6 Å². The molecule has 110 valence electrons. The van der Waals surface area contributed by atoms with Gasteiger partial charge in [0.2, 0.25) is 0 Å². The maximum absolute atomic E-state index is 12.0. The lowest BCUT2D eigenvalue weighted by atomic mass is 10.2. The van der Waals surface area contributed by atoms with E-state index in [0.717, 1.165) is 0 Å². The molecule has 0 aliphatic heterocycles. The van der Waals surface area contributed by atoms with E-state index < -0.39 is 0 Å². The molecule has 2 aromatic rings. The number of carbonyl (C=O) groups excluding carboxylic acids is 1. The number of carbonyl (C=O) groups is 1. The number of aromatic nitrogens is 3. The largest absolute Gasteiger partial charge is 0.409 e. The number of hydrogen-bond acceptors (Lipinski definition) is 5. The summed E-state index contributed by atoms with van der Waals surface area (Å²) in [5.74, 6) is -0.345. The first-order valence-corrected chi connectivity index (χ1v) is 6.32. The molecule has 0 radical (unpaired) electrons. The summed E-state index contributed by atoms with van der Waals surface area (Å²) < 4.78 is 1.74. The molecule has 1 atom stereocenters. The van der Waals surface area contributed by atoms with Crippen molar-refractivity contribution in [2.45, 2.75) is 19.5 Å². The van der Waals surface area contributed by atoms with Gasteiger partial charge in [0.25, 0.3) is 5.91 Å². The summed E-state index contributed by atoms with van der Waals surface area (Å²) >= 11 is 0. The predicted molar refractivity (Wildman–Crippen MR) is 75.9 cm³/mol. The van der Waals surface area contributed by atoms with E-state index in [9.17, 15) is 4.79 Å². The van der Waals surface area contributed by atoms with E-state index in [-0.39, 0.29) is 23.5 Å². The number of amides is 1. The Morgan fingerprint density at radius 2 is 2.38 bits per heavy atom. The summed E-state index contributed by atoms with van der Waals surface area (Å²) in [6, 6.07) is 4.81. The molecule has 0 spiro atoms. The van der Waals surface area contributed by atoms with E-state index in [1.165, 1.54) is 12.3 Å². The van der Waals surface area contributed by atoms with Crippen molar-refractivity contribution in [2.24, 2.45) is 10.9 Å². The van der Waals surface area contributed by atoms with Crippen molar-refractivity contribution in [2.75, 3.05) is 0 Å². The van der Waals surface area contributed by atoms with Gasteiger partial charge in [0.05, 0.1) is 6.54 Å². The fourth-order valence-electron chi connectivity index (χ4n) is 1.77. The van der Waals surface area contributed by atoms with Gasteiger partial charge in [-0.1, -0.05) is 5.16 Å². The highest BCUT2D eigenvalue weighted by Crippen LogP contribution is 2.01. The maximum atomic E-state index is 12.0. The lowest BCUT2D eigenvalue weighted by Gasteiger charge is -2.13. The maximum Gasteiger partial charge on any atom is 0.270 e. The minimum atomic E-state index is -0.291. The number of hydrogen-bond donors (Lipinski definition) is 3. The molecule has 0 saturated carbocycles. The highest BCUT2D eigenvalue weighted by atomic mass is 16.4. The highest BCUT2D eigenvalue weighted by Gasteiger charge is 2.12. The second-order valence-corrected chi connectivity index (χ2v) is 4.52. The van der Waals surface area contributed by atoms with Crippen LogP contribution in [-0.2, 0) is 6.54 Å². The van der Waals surface area contributed by atoms with Crippen molar-refractivity contribution in [1.29, 1.82) is 0 Å². The van der Waals surface area contributed by atoms with Crippen LogP contribution < -0.4 is 11.1 Å². The predicted octanol–water partition coefficient (Wildman–Crippen LogP) is 0.191. The molecule has 0 fully saturated rings. The topological polar surface area (TPSA) is 118 Å². The number of pyridine rings is 1. The second-order valence-electron chi connectivity index (χ2n) is 4.52. The van der Waals surface area contributed by atoms with Crippen molar-refractivity contribution in [1.82, 2.24) is 20.1 Å². The molecule has 1 unspecified atom stereocenters. The van der Waals surface area contributed by atoms with Gasteiger partial charge in [-0.15, -0.1) is 0 Å². The average molecular weight is 288 g/mol. The van der Waals surface area contributed by atoms with Crippen LogP contribution in [0.3, 0.4) is 0 Å². The quantitative estimate of drug-likeness (QED) is 0.314. The first-order valence-electron chi connectivity index (χ1n) is 6.32. The van der Waals surface area contributed by atoms with Crippen LogP contribution in [-0.4, -0.2) is 37.8 Å². The molecule has 0 aromatic carbocycles. The van der Waals surface area contributed by atoms with Crippen LogP contribution in [0, 0.1) is 0 Å². The molecule has 2 heterocycles. The van der Waals surface area contributed by atoms with Gasteiger partial charge in [0, 0.05) is 30.2 Å². The van der Waals surface area contributed by atoms with E-state index in [4.69, 9.17) is 10.9 Å². The Kier molecular flexibility index (Phi) is 4.50. The summed E-state index contributed by atoms with van der Waals surface area (Å²) in [4.78, 5) is 16.0. The van der Waals surface area contributed by atoms with Gasteiger partial charge in [-0.25, -0.2) is 0 Å².